The quantitative estimate of drug-likeness (QED) is 0.154. The van der Waals surface area contributed by atoms with Crippen molar-refractivity contribution >= 4 is 13.7 Å². The van der Waals surface area contributed by atoms with Crippen LogP contribution in [0.15, 0.2) is 64.3 Å². The van der Waals surface area contributed by atoms with Crippen LogP contribution in [-0.4, -0.2) is 62.3 Å². The zero-order valence-corrected chi connectivity index (χ0v) is 23.7. The van der Waals surface area contributed by atoms with Crippen LogP contribution in [0.3, 0.4) is 0 Å². The van der Waals surface area contributed by atoms with E-state index in [0.717, 1.165) is 16.8 Å². The Bertz CT molecular complexity index is 1340. The van der Waals surface area contributed by atoms with Gasteiger partial charge >= 0.3 is 19.4 Å². The molecule has 0 radical (unpaired) electrons. The Kier molecular flexibility index (Phi) is 10.3. The predicted molar refractivity (Wildman–Crippen MR) is 145 cm³/mol. The van der Waals surface area contributed by atoms with Crippen LogP contribution in [0, 0.1) is 0 Å². The number of nitrogens with one attached hydrogen (secondary N) is 2. The number of hydrogen-bond donors (Lipinski definition) is 4. The van der Waals surface area contributed by atoms with E-state index in [1.54, 1.807) is 32.0 Å². The Morgan fingerprint density at radius 3 is 2.52 bits per heavy atom. The summed E-state index contributed by atoms with van der Waals surface area (Å²) in [7, 11) is -4.34. The van der Waals surface area contributed by atoms with Crippen molar-refractivity contribution in [3.8, 4) is 5.75 Å². The van der Waals surface area contributed by atoms with Crippen molar-refractivity contribution in [2.24, 2.45) is 0 Å². The van der Waals surface area contributed by atoms with Crippen LogP contribution in [0.4, 0.5) is 0 Å². The van der Waals surface area contributed by atoms with Crippen molar-refractivity contribution in [3.05, 3.63) is 75.6 Å². The molecule has 1 aliphatic rings. The minimum absolute atomic E-state index is 0.0619. The molecular weight excluding hydrogens is 545 g/mol. The SMILES string of the molecule is C=C(C)[C@@]1(O)[C@H](O)[C@@H](COP(=O)(N[C@@H](CCC)C(=O)OC(C)C)Oc2ccccc2)O[C@H]1n1ccc(=O)[nH]c1=O. The highest BCUT2D eigenvalue weighted by Crippen LogP contribution is 2.48. The van der Waals surface area contributed by atoms with Crippen LogP contribution in [0.1, 0.15) is 46.8 Å². The highest BCUT2D eigenvalue weighted by molar-refractivity contribution is 7.52. The molecule has 1 fully saturated rings. The highest BCUT2D eigenvalue weighted by atomic mass is 31.2. The first-order chi connectivity index (χ1) is 18.8. The largest absolute Gasteiger partial charge is 0.462 e. The van der Waals surface area contributed by atoms with E-state index in [1.807, 2.05) is 6.92 Å². The van der Waals surface area contributed by atoms with Gasteiger partial charge in [0.05, 0.1) is 12.7 Å². The van der Waals surface area contributed by atoms with E-state index in [1.165, 1.54) is 19.1 Å². The van der Waals surface area contributed by atoms with Gasteiger partial charge in [0.15, 0.2) is 11.8 Å². The fourth-order valence-corrected chi connectivity index (χ4v) is 5.71. The molecule has 0 spiro atoms. The van der Waals surface area contributed by atoms with Gasteiger partial charge in [-0.3, -0.25) is 23.7 Å². The Morgan fingerprint density at radius 1 is 1.27 bits per heavy atom. The molecule has 40 heavy (non-hydrogen) atoms. The molecule has 2 aromatic rings. The first-order valence-corrected chi connectivity index (χ1v) is 14.4. The minimum Gasteiger partial charge on any atom is -0.462 e. The van der Waals surface area contributed by atoms with Crippen molar-refractivity contribution in [2.45, 2.75) is 76.7 Å². The minimum atomic E-state index is -4.34. The summed E-state index contributed by atoms with van der Waals surface area (Å²) < 4.78 is 37.3. The summed E-state index contributed by atoms with van der Waals surface area (Å²) in [6, 6.07) is 8.12. The van der Waals surface area contributed by atoms with Crippen molar-refractivity contribution in [2.75, 3.05) is 6.61 Å². The molecule has 0 amide bonds. The number of carbonyl (C=O) groups is 1. The molecule has 1 unspecified atom stereocenters. The molecule has 14 heteroatoms. The summed E-state index contributed by atoms with van der Waals surface area (Å²) in [6.45, 7) is 9.76. The number of hydrogen-bond acceptors (Lipinski definition) is 10. The van der Waals surface area contributed by atoms with E-state index in [2.05, 4.69) is 16.7 Å². The number of aliphatic hydroxyl groups excluding tert-OH is 1. The average Bonchev–Trinajstić information content (AvgIpc) is 3.14. The number of aromatic nitrogens is 2. The lowest BCUT2D eigenvalue weighted by atomic mass is 9.87. The second kappa shape index (κ2) is 13.1. The van der Waals surface area contributed by atoms with Crippen LogP contribution in [0.25, 0.3) is 0 Å². The van der Waals surface area contributed by atoms with Crippen molar-refractivity contribution in [3.63, 3.8) is 0 Å². The standard InChI is InChI=1S/C26H36N3O10P/c1-6-10-19(23(32)37-17(4)5)28-40(35,39-18-11-8-7-9-12-18)36-15-20-22(31)26(34,16(2)3)24(38-20)29-14-13-21(30)27-25(29)33/h7-9,11-14,17,19-20,22,24,31,34H,2,6,10,15H2,1,3-5H3,(H,28,35)(H,27,30,33)/t19-,20+,22+,24+,26+,40?/m0/s1. The molecule has 0 saturated carbocycles. The number of aromatic amines is 1. The van der Waals surface area contributed by atoms with Gasteiger partial charge in [0, 0.05) is 12.3 Å². The Labute approximate surface area is 231 Å². The Balaban J connectivity index is 1.90. The van der Waals surface area contributed by atoms with Gasteiger partial charge < -0.3 is 24.2 Å². The number of carbonyl (C=O) groups excluding carboxylic acids is 1. The molecule has 4 N–H and O–H groups in total. The van der Waals surface area contributed by atoms with Gasteiger partial charge in [-0.15, -0.1) is 0 Å². The Morgan fingerprint density at radius 2 is 1.95 bits per heavy atom. The van der Waals surface area contributed by atoms with E-state index in [0.29, 0.717) is 6.42 Å². The molecule has 220 valence electrons. The number of esters is 1. The van der Waals surface area contributed by atoms with Crippen LogP contribution in [-0.2, 0) is 23.4 Å². The number of ether oxygens (including phenoxy) is 2. The molecular formula is C26H36N3O10P. The zero-order chi connectivity index (χ0) is 29.7. The average molecular weight is 582 g/mol. The first-order valence-electron chi connectivity index (χ1n) is 12.8. The first kappa shape index (κ1) is 31.5. The summed E-state index contributed by atoms with van der Waals surface area (Å²) in [5.74, 6) is -0.474. The predicted octanol–water partition coefficient (Wildman–Crippen LogP) is 2.02. The summed E-state index contributed by atoms with van der Waals surface area (Å²) in [4.78, 5) is 38.8. The van der Waals surface area contributed by atoms with Crippen molar-refractivity contribution in [1.29, 1.82) is 0 Å². The number of H-pyrrole nitrogens is 1. The maximum atomic E-state index is 14.0. The lowest BCUT2D eigenvalue weighted by Crippen LogP contribution is -2.50. The number of rotatable bonds is 13. The molecule has 2 heterocycles. The van der Waals surface area contributed by atoms with E-state index in [-0.39, 0.29) is 17.7 Å². The fourth-order valence-electron chi connectivity index (χ4n) is 4.17. The van der Waals surface area contributed by atoms with Crippen LogP contribution >= 0.6 is 7.75 Å². The van der Waals surface area contributed by atoms with Gasteiger partial charge in [-0.2, -0.15) is 5.09 Å². The van der Waals surface area contributed by atoms with Crippen LogP contribution in [0.2, 0.25) is 0 Å². The number of nitrogens with zero attached hydrogens (tertiary/aromatic N) is 1. The maximum Gasteiger partial charge on any atom is 0.459 e. The summed E-state index contributed by atoms with van der Waals surface area (Å²) in [6.07, 6.45) is -3.05. The fraction of sp³-hybridized carbons (Fsp3) is 0.500. The maximum absolute atomic E-state index is 14.0. The van der Waals surface area contributed by atoms with Gasteiger partial charge in [0.25, 0.3) is 5.56 Å². The smallest absolute Gasteiger partial charge is 0.459 e. The topological polar surface area (TPSA) is 178 Å². The monoisotopic (exact) mass is 581 g/mol. The van der Waals surface area contributed by atoms with Crippen LogP contribution < -0.4 is 20.9 Å². The van der Waals surface area contributed by atoms with E-state index in [4.69, 9.17) is 18.5 Å². The number of aliphatic hydroxyl groups is 2. The van der Waals surface area contributed by atoms with Crippen molar-refractivity contribution in [1.82, 2.24) is 14.6 Å². The number of benzene rings is 1. The molecule has 1 aliphatic heterocycles. The normalized spacial score (nSPS) is 24.8. The van der Waals surface area contributed by atoms with Crippen molar-refractivity contribution < 1.29 is 38.1 Å². The van der Waals surface area contributed by atoms with Gasteiger partial charge in [-0.1, -0.05) is 38.1 Å². The van der Waals surface area contributed by atoms with E-state index < -0.39 is 67.8 Å². The third-order valence-electron chi connectivity index (χ3n) is 6.18. The lowest BCUT2D eigenvalue weighted by molar-refractivity contribution is -0.149. The van der Waals surface area contributed by atoms with Crippen LogP contribution in [0.5, 0.6) is 5.75 Å². The molecule has 3 rings (SSSR count). The summed E-state index contributed by atoms with van der Waals surface area (Å²) in [5, 5.41) is 25.1. The third kappa shape index (κ3) is 7.17. The van der Waals surface area contributed by atoms with Gasteiger partial charge in [0.1, 0.15) is 24.0 Å². The molecule has 1 saturated heterocycles. The van der Waals surface area contributed by atoms with E-state index in [9.17, 15) is 29.2 Å². The number of para-hydroxylation sites is 1. The second-order valence-corrected chi connectivity index (χ2v) is 11.4. The van der Waals surface area contributed by atoms with Gasteiger partial charge in [-0.25, -0.2) is 9.36 Å². The molecule has 13 nitrogen and oxygen atoms in total. The molecule has 6 atom stereocenters. The lowest BCUT2D eigenvalue weighted by Gasteiger charge is -2.32. The van der Waals surface area contributed by atoms with Gasteiger partial charge in [0.2, 0.25) is 0 Å². The van der Waals surface area contributed by atoms with Gasteiger partial charge in [-0.05, 0) is 44.9 Å². The molecule has 1 aromatic heterocycles. The molecule has 1 aromatic carbocycles. The Hall–Kier alpha value is -3.06. The summed E-state index contributed by atoms with van der Waals surface area (Å²) in [5.41, 5.74) is -3.68. The van der Waals surface area contributed by atoms with E-state index >= 15 is 0 Å². The third-order valence-corrected chi connectivity index (χ3v) is 7.74. The highest BCUT2D eigenvalue weighted by Gasteiger charge is 2.57. The summed E-state index contributed by atoms with van der Waals surface area (Å²) >= 11 is 0. The second-order valence-electron chi connectivity index (χ2n) is 9.75. The molecule has 0 aliphatic carbocycles. The molecule has 0 bridgehead atoms. The zero-order valence-electron chi connectivity index (χ0n) is 22.8.